The van der Waals surface area contributed by atoms with Crippen molar-refractivity contribution in [3.8, 4) is 11.5 Å². The number of benzene rings is 2. The van der Waals surface area contributed by atoms with Gasteiger partial charge in [0.1, 0.15) is 0 Å². The maximum atomic E-state index is 12.2. The number of halogens is 1. The van der Waals surface area contributed by atoms with Gasteiger partial charge in [0.2, 0.25) is 6.79 Å². The lowest BCUT2D eigenvalue weighted by Gasteiger charge is -2.05. The molecule has 2 aromatic rings. The number of nitrogens with zero attached hydrogens (tertiary/aromatic N) is 1. The maximum absolute atomic E-state index is 12.2. The smallest absolute Gasteiger partial charge is 0.276 e. The molecule has 0 saturated heterocycles. The zero-order valence-electron chi connectivity index (χ0n) is 12.8. The molecule has 1 heterocycles. The first-order valence-corrected chi connectivity index (χ1v) is 9.50. The molecule has 0 radical (unpaired) electrons. The van der Waals surface area contributed by atoms with Gasteiger partial charge in [-0.25, -0.2) is 4.83 Å². The zero-order chi connectivity index (χ0) is 17.2. The second-order valence-electron chi connectivity index (χ2n) is 5.08. The third-order valence-electron chi connectivity index (χ3n) is 3.51. The number of hydrogen-bond acceptors (Lipinski definition) is 5. The van der Waals surface area contributed by atoms with Gasteiger partial charge >= 0.3 is 0 Å². The summed E-state index contributed by atoms with van der Waals surface area (Å²) in [5.41, 5.74) is 1.74. The summed E-state index contributed by atoms with van der Waals surface area (Å²) in [6.07, 6.45) is 2.26. The van der Waals surface area contributed by atoms with Crippen molar-refractivity contribution in [1.29, 1.82) is 0 Å². The number of fused-ring (bicyclic) bond motifs is 1. The lowest BCUT2D eigenvalue weighted by molar-refractivity contribution is 0.174. The van der Waals surface area contributed by atoms with Gasteiger partial charge in [0.05, 0.1) is 11.1 Å². The van der Waals surface area contributed by atoms with Gasteiger partial charge in [0.15, 0.2) is 11.5 Å². The number of hydrogen-bond donors (Lipinski definition) is 1. The Balaban J connectivity index is 1.75. The summed E-state index contributed by atoms with van der Waals surface area (Å²) in [6.45, 7) is 2.18. The molecule has 126 valence electrons. The first kappa shape index (κ1) is 16.8. The summed E-state index contributed by atoms with van der Waals surface area (Å²) in [4.78, 5) is 2.37. The third-order valence-corrected chi connectivity index (χ3v) is 5.44. The number of ether oxygens (including phenoxy) is 2. The number of aryl methyl sites for hydroxylation is 1. The Morgan fingerprint density at radius 3 is 2.54 bits per heavy atom. The van der Waals surface area contributed by atoms with E-state index in [2.05, 4.69) is 25.9 Å². The van der Waals surface area contributed by atoms with Crippen LogP contribution in [0.4, 0.5) is 0 Å². The third kappa shape index (κ3) is 3.54. The molecule has 1 N–H and O–H groups in total. The highest BCUT2D eigenvalue weighted by atomic mass is 79.9. The van der Waals surface area contributed by atoms with Crippen LogP contribution < -0.4 is 14.3 Å². The van der Waals surface area contributed by atoms with E-state index in [1.165, 1.54) is 6.21 Å². The topological polar surface area (TPSA) is 77.0 Å². The lowest BCUT2D eigenvalue weighted by atomic mass is 10.2. The molecule has 0 atom stereocenters. The molecule has 1 aliphatic rings. The summed E-state index contributed by atoms with van der Waals surface area (Å²) in [7, 11) is -3.70. The van der Waals surface area contributed by atoms with Crippen molar-refractivity contribution in [2.24, 2.45) is 5.10 Å². The number of nitrogens with one attached hydrogen (secondary N) is 1. The predicted molar refractivity (Wildman–Crippen MR) is 94.0 cm³/mol. The normalized spacial score (nSPS) is 13.4. The van der Waals surface area contributed by atoms with E-state index in [0.29, 0.717) is 17.1 Å². The molecule has 0 spiro atoms. The summed E-state index contributed by atoms with van der Waals surface area (Å²) in [6, 6.07) is 10.2. The molecule has 2 aromatic carbocycles. The van der Waals surface area contributed by atoms with Gasteiger partial charge in [-0.1, -0.05) is 19.1 Å². The Kier molecular flexibility index (Phi) is 4.77. The highest BCUT2D eigenvalue weighted by Gasteiger charge is 2.16. The average molecular weight is 411 g/mol. The van der Waals surface area contributed by atoms with Gasteiger partial charge in [0, 0.05) is 10.0 Å². The van der Waals surface area contributed by atoms with Crippen LogP contribution in [-0.4, -0.2) is 21.4 Å². The van der Waals surface area contributed by atoms with E-state index in [9.17, 15) is 8.42 Å². The molecule has 0 amide bonds. The van der Waals surface area contributed by atoms with Crippen LogP contribution in [-0.2, 0) is 16.4 Å². The van der Waals surface area contributed by atoms with Crippen LogP contribution in [0.5, 0.6) is 11.5 Å². The summed E-state index contributed by atoms with van der Waals surface area (Å²) in [5.74, 6) is 1.23. The highest BCUT2D eigenvalue weighted by Crippen LogP contribution is 2.36. The molecule has 24 heavy (non-hydrogen) atoms. The largest absolute Gasteiger partial charge is 0.454 e. The Bertz CT molecular complexity index is 880. The minimum Gasteiger partial charge on any atom is -0.454 e. The standard InChI is InChI=1S/C16H15BrN2O4S/c1-2-11-3-5-13(6-4-11)24(20,21)19-18-9-12-7-15-16(8-14(12)17)23-10-22-15/h3-9,19H,2,10H2,1H3/b18-9+. The molecule has 0 unspecified atom stereocenters. The summed E-state index contributed by atoms with van der Waals surface area (Å²) in [5, 5.41) is 3.83. The quantitative estimate of drug-likeness (QED) is 0.606. The van der Waals surface area contributed by atoms with Crippen LogP contribution in [0.1, 0.15) is 18.1 Å². The van der Waals surface area contributed by atoms with Crippen LogP contribution in [0.2, 0.25) is 0 Å². The number of hydrazone groups is 1. The Labute approximate surface area is 148 Å². The van der Waals surface area contributed by atoms with Gasteiger partial charge in [-0.3, -0.25) is 0 Å². The van der Waals surface area contributed by atoms with Gasteiger partial charge in [0.25, 0.3) is 10.0 Å². The van der Waals surface area contributed by atoms with Crippen molar-refractivity contribution in [2.45, 2.75) is 18.2 Å². The molecule has 6 nitrogen and oxygen atoms in total. The molecule has 8 heteroatoms. The fraction of sp³-hybridized carbons (Fsp3) is 0.188. The first-order chi connectivity index (χ1) is 11.5. The molecular formula is C16H15BrN2O4S. The van der Waals surface area contributed by atoms with E-state index in [4.69, 9.17) is 9.47 Å². The molecule has 1 aliphatic heterocycles. The predicted octanol–water partition coefficient (Wildman–Crippen LogP) is 3.05. The Morgan fingerprint density at radius 1 is 1.21 bits per heavy atom. The number of rotatable bonds is 5. The van der Waals surface area contributed by atoms with Crippen molar-refractivity contribution in [3.05, 3.63) is 52.0 Å². The van der Waals surface area contributed by atoms with E-state index in [1.807, 2.05) is 6.92 Å². The Morgan fingerprint density at radius 2 is 1.88 bits per heavy atom. The molecule has 3 rings (SSSR count). The average Bonchev–Trinajstić information content (AvgIpc) is 3.02. The van der Waals surface area contributed by atoms with Crippen LogP contribution >= 0.6 is 15.9 Å². The van der Waals surface area contributed by atoms with Crippen LogP contribution in [0.25, 0.3) is 0 Å². The van der Waals surface area contributed by atoms with Crippen molar-refractivity contribution in [3.63, 3.8) is 0 Å². The van der Waals surface area contributed by atoms with Crippen molar-refractivity contribution >= 4 is 32.2 Å². The molecule has 0 aliphatic carbocycles. The van der Waals surface area contributed by atoms with Crippen LogP contribution in [0, 0.1) is 0 Å². The summed E-state index contributed by atoms with van der Waals surface area (Å²) >= 11 is 3.39. The lowest BCUT2D eigenvalue weighted by Crippen LogP contribution is -2.18. The minimum atomic E-state index is -3.70. The van der Waals surface area contributed by atoms with E-state index in [1.54, 1.807) is 36.4 Å². The molecule has 0 fully saturated rings. The fourth-order valence-electron chi connectivity index (χ4n) is 2.15. The monoisotopic (exact) mass is 410 g/mol. The van der Waals surface area contributed by atoms with Gasteiger partial charge in [-0.05, 0) is 52.2 Å². The van der Waals surface area contributed by atoms with E-state index < -0.39 is 10.0 Å². The molecule has 0 aromatic heterocycles. The number of sulfonamides is 1. The van der Waals surface area contributed by atoms with E-state index in [-0.39, 0.29) is 11.7 Å². The summed E-state index contributed by atoms with van der Waals surface area (Å²) < 4.78 is 35.7. The molecule has 0 bridgehead atoms. The fourth-order valence-corrected chi connectivity index (χ4v) is 3.37. The van der Waals surface area contributed by atoms with E-state index >= 15 is 0 Å². The van der Waals surface area contributed by atoms with Gasteiger partial charge < -0.3 is 9.47 Å². The minimum absolute atomic E-state index is 0.168. The highest BCUT2D eigenvalue weighted by molar-refractivity contribution is 9.10. The molecular weight excluding hydrogens is 396 g/mol. The van der Waals surface area contributed by atoms with Crippen molar-refractivity contribution in [1.82, 2.24) is 4.83 Å². The molecule has 0 saturated carbocycles. The second kappa shape index (κ2) is 6.82. The van der Waals surface area contributed by atoms with Crippen LogP contribution in [0.3, 0.4) is 0 Å². The van der Waals surface area contributed by atoms with Crippen molar-refractivity contribution < 1.29 is 17.9 Å². The van der Waals surface area contributed by atoms with Gasteiger partial charge in [-0.2, -0.15) is 13.5 Å². The maximum Gasteiger partial charge on any atom is 0.276 e. The van der Waals surface area contributed by atoms with Crippen LogP contribution in [0.15, 0.2) is 50.9 Å². The zero-order valence-corrected chi connectivity index (χ0v) is 15.2. The SMILES string of the molecule is CCc1ccc(S(=O)(=O)N/N=C/c2cc3c(cc2Br)OCO3)cc1. The van der Waals surface area contributed by atoms with Gasteiger partial charge in [-0.15, -0.1) is 0 Å². The Hall–Kier alpha value is -2.06. The van der Waals surface area contributed by atoms with Crippen molar-refractivity contribution in [2.75, 3.05) is 6.79 Å². The van der Waals surface area contributed by atoms with E-state index in [0.717, 1.165) is 16.5 Å². The first-order valence-electron chi connectivity index (χ1n) is 7.22. The second-order valence-corrected chi connectivity index (χ2v) is 7.59.